The highest BCUT2D eigenvalue weighted by molar-refractivity contribution is 7.14. The molecule has 1 aromatic rings. The molecule has 2 atom stereocenters. The lowest BCUT2D eigenvalue weighted by Gasteiger charge is -2.39. The van der Waals surface area contributed by atoms with Gasteiger partial charge in [0, 0.05) is 39.3 Å². The first kappa shape index (κ1) is 18.5. The number of ether oxygens (including phenoxy) is 1. The summed E-state index contributed by atoms with van der Waals surface area (Å²) in [4.78, 5) is 32.4. The van der Waals surface area contributed by atoms with Crippen LogP contribution in [0.2, 0.25) is 0 Å². The number of thiophene rings is 1. The zero-order valence-electron chi connectivity index (χ0n) is 15.6. The van der Waals surface area contributed by atoms with Crippen LogP contribution >= 0.6 is 11.3 Å². The fourth-order valence-corrected chi connectivity index (χ4v) is 5.00. The van der Waals surface area contributed by atoms with Gasteiger partial charge in [-0.1, -0.05) is 12.2 Å². The van der Waals surface area contributed by atoms with Crippen LogP contribution in [0.25, 0.3) is 0 Å². The Morgan fingerprint density at radius 1 is 0.889 bits per heavy atom. The van der Waals surface area contributed by atoms with E-state index >= 15 is 0 Å². The summed E-state index contributed by atoms with van der Waals surface area (Å²) in [7, 11) is 0. The summed E-state index contributed by atoms with van der Waals surface area (Å²) in [6.07, 6.45) is 5.46. The van der Waals surface area contributed by atoms with Crippen LogP contribution < -0.4 is 4.90 Å². The van der Waals surface area contributed by atoms with E-state index in [0.29, 0.717) is 39.1 Å². The first-order chi connectivity index (χ1) is 13.2. The van der Waals surface area contributed by atoms with Crippen LogP contribution in [0, 0.1) is 11.8 Å². The van der Waals surface area contributed by atoms with E-state index in [1.807, 2.05) is 9.80 Å². The SMILES string of the molecule is O=C(C1CC=CCC1C(=O)N1CCN(c2cccs2)CC1)N1CCOCC1. The predicted molar refractivity (Wildman–Crippen MR) is 106 cm³/mol. The fourth-order valence-electron chi connectivity index (χ4n) is 4.21. The Labute approximate surface area is 164 Å². The third kappa shape index (κ3) is 4.04. The third-order valence-corrected chi connectivity index (χ3v) is 6.73. The number of hydrogen-bond donors (Lipinski definition) is 0. The summed E-state index contributed by atoms with van der Waals surface area (Å²) >= 11 is 1.74. The smallest absolute Gasteiger partial charge is 0.226 e. The van der Waals surface area contributed by atoms with Crippen molar-refractivity contribution in [1.82, 2.24) is 9.80 Å². The number of hydrogen-bond acceptors (Lipinski definition) is 5. The van der Waals surface area contributed by atoms with E-state index in [2.05, 4.69) is 34.6 Å². The van der Waals surface area contributed by atoms with Crippen LogP contribution in [0.3, 0.4) is 0 Å². The molecule has 2 amide bonds. The monoisotopic (exact) mass is 389 g/mol. The van der Waals surface area contributed by atoms with Crippen molar-refractivity contribution in [2.24, 2.45) is 11.8 Å². The van der Waals surface area contributed by atoms with Gasteiger partial charge in [-0.2, -0.15) is 0 Å². The van der Waals surface area contributed by atoms with Crippen LogP contribution in [0.15, 0.2) is 29.7 Å². The van der Waals surface area contributed by atoms with Gasteiger partial charge in [-0.05, 0) is 30.4 Å². The lowest BCUT2D eigenvalue weighted by Crippen LogP contribution is -2.53. The molecule has 0 spiro atoms. The Balaban J connectivity index is 1.39. The second-order valence-electron chi connectivity index (χ2n) is 7.36. The number of allylic oxidation sites excluding steroid dienone is 2. The molecule has 3 heterocycles. The van der Waals surface area contributed by atoms with Gasteiger partial charge in [-0.25, -0.2) is 0 Å². The van der Waals surface area contributed by atoms with Crippen LogP contribution in [-0.2, 0) is 14.3 Å². The van der Waals surface area contributed by atoms with Crippen molar-refractivity contribution in [2.45, 2.75) is 12.8 Å². The number of amides is 2. The van der Waals surface area contributed by atoms with E-state index < -0.39 is 0 Å². The number of piperazine rings is 1. The normalized spacial score (nSPS) is 26.3. The van der Waals surface area contributed by atoms with Crippen molar-refractivity contribution in [1.29, 1.82) is 0 Å². The highest BCUT2D eigenvalue weighted by Crippen LogP contribution is 2.30. The van der Waals surface area contributed by atoms with Crippen molar-refractivity contribution in [2.75, 3.05) is 57.4 Å². The van der Waals surface area contributed by atoms with Crippen molar-refractivity contribution in [3.63, 3.8) is 0 Å². The highest BCUT2D eigenvalue weighted by atomic mass is 32.1. The van der Waals surface area contributed by atoms with E-state index in [0.717, 1.165) is 26.2 Å². The number of nitrogens with zero attached hydrogens (tertiary/aromatic N) is 3. The van der Waals surface area contributed by atoms with Crippen molar-refractivity contribution >= 4 is 28.2 Å². The molecule has 4 rings (SSSR count). The molecule has 2 aliphatic heterocycles. The van der Waals surface area contributed by atoms with Crippen molar-refractivity contribution in [3.8, 4) is 0 Å². The standard InChI is InChI=1S/C20H27N3O3S/c24-19(22-9-7-21(8-10-22)18-6-3-15-27-18)16-4-1-2-5-17(16)20(25)23-11-13-26-14-12-23/h1-3,6,15-17H,4-5,7-14H2. The molecule has 0 saturated carbocycles. The molecule has 3 aliphatic rings. The molecule has 1 aromatic heterocycles. The summed E-state index contributed by atoms with van der Waals surface area (Å²) in [6.45, 7) is 5.65. The van der Waals surface area contributed by atoms with E-state index in [-0.39, 0.29) is 23.7 Å². The van der Waals surface area contributed by atoms with Crippen LogP contribution in [0.5, 0.6) is 0 Å². The summed E-state index contributed by atoms with van der Waals surface area (Å²) in [5.41, 5.74) is 0. The first-order valence-electron chi connectivity index (χ1n) is 9.83. The van der Waals surface area contributed by atoms with Gasteiger partial charge in [0.1, 0.15) is 0 Å². The van der Waals surface area contributed by atoms with Crippen molar-refractivity contribution in [3.05, 3.63) is 29.7 Å². The van der Waals surface area contributed by atoms with Gasteiger partial charge >= 0.3 is 0 Å². The molecule has 1 aliphatic carbocycles. The Morgan fingerprint density at radius 2 is 1.48 bits per heavy atom. The zero-order chi connectivity index (χ0) is 18.6. The lowest BCUT2D eigenvalue weighted by molar-refractivity contribution is -0.149. The van der Waals surface area contributed by atoms with E-state index in [4.69, 9.17) is 4.74 Å². The molecule has 0 radical (unpaired) electrons. The van der Waals surface area contributed by atoms with Gasteiger partial charge in [0.2, 0.25) is 11.8 Å². The zero-order valence-corrected chi connectivity index (χ0v) is 16.4. The summed E-state index contributed by atoms with van der Waals surface area (Å²) < 4.78 is 5.36. The van der Waals surface area contributed by atoms with Gasteiger partial charge in [0.25, 0.3) is 0 Å². The van der Waals surface area contributed by atoms with Gasteiger partial charge in [0.05, 0.1) is 30.1 Å². The van der Waals surface area contributed by atoms with Gasteiger partial charge in [-0.3, -0.25) is 9.59 Å². The number of carbonyl (C=O) groups is 2. The lowest BCUT2D eigenvalue weighted by atomic mass is 9.81. The van der Waals surface area contributed by atoms with E-state index in [1.165, 1.54) is 5.00 Å². The Morgan fingerprint density at radius 3 is 2.04 bits per heavy atom. The molecule has 7 heteroatoms. The third-order valence-electron chi connectivity index (χ3n) is 5.80. The topological polar surface area (TPSA) is 53.1 Å². The number of morpholine rings is 1. The van der Waals surface area contributed by atoms with Crippen LogP contribution in [0.4, 0.5) is 5.00 Å². The Bertz CT molecular complexity index is 677. The Hall–Kier alpha value is -1.86. The minimum Gasteiger partial charge on any atom is -0.378 e. The molecule has 0 aromatic carbocycles. The average Bonchev–Trinajstić information content (AvgIpc) is 3.28. The Kier molecular flexibility index (Phi) is 5.78. The molecule has 2 fully saturated rings. The maximum atomic E-state index is 13.2. The fraction of sp³-hybridized carbons (Fsp3) is 0.600. The molecule has 0 bridgehead atoms. The first-order valence-corrected chi connectivity index (χ1v) is 10.7. The largest absolute Gasteiger partial charge is 0.378 e. The van der Waals surface area contributed by atoms with Gasteiger partial charge in [-0.15, -0.1) is 11.3 Å². The predicted octanol–water partition coefficient (Wildman–Crippen LogP) is 1.84. The minimum absolute atomic E-state index is 0.123. The molecule has 2 unspecified atom stereocenters. The quantitative estimate of drug-likeness (QED) is 0.741. The molecule has 27 heavy (non-hydrogen) atoms. The molecule has 146 valence electrons. The van der Waals surface area contributed by atoms with Gasteiger partial charge < -0.3 is 19.4 Å². The minimum atomic E-state index is -0.226. The van der Waals surface area contributed by atoms with E-state index in [9.17, 15) is 9.59 Å². The molecule has 0 N–H and O–H groups in total. The summed E-state index contributed by atoms with van der Waals surface area (Å²) in [6, 6.07) is 4.19. The number of anilines is 1. The van der Waals surface area contributed by atoms with Gasteiger partial charge in [0.15, 0.2) is 0 Å². The van der Waals surface area contributed by atoms with E-state index in [1.54, 1.807) is 11.3 Å². The maximum absolute atomic E-state index is 13.2. The summed E-state index contributed by atoms with van der Waals surface area (Å²) in [5.74, 6) is -0.176. The number of carbonyl (C=O) groups excluding carboxylic acids is 2. The summed E-state index contributed by atoms with van der Waals surface area (Å²) in [5, 5.41) is 3.35. The molecular weight excluding hydrogens is 362 g/mol. The second kappa shape index (κ2) is 8.44. The maximum Gasteiger partial charge on any atom is 0.226 e. The molecule has 6 nitrogen and oxygen atoms in total. The van der Waals surface area contributed by atoms with Crippen LogP contribution in [0.1, 0.15) is 12.8 Å². The highest BCUT2D eigenvalue weighted by Gasteiger charge is 2.39. The average molecular weight is 390 g/mol. The number of rotatable bonds is 3. The molecule has 2 saturated heterocycles. The molecular formula is C20H27N3O3S. The van der Waals surface area contributed by atoms with Crippen LogP contribution in [-0.4, -0.2) is 74.1 Å². The van der Waals surface area contributed by atoms with Crippen molar-refractivity contribution < 1.29 is 14.3 Å². The second-order valence-corrected chi connectivity index (χ2v) is 8.28.